The minimum absolute atomic E-state index is 0.657. The average Bonchev–Trinajstić information content (AvgIpc) is 3.39. The van der Waals surface area contributed by atoms with Crippen LogP contribution in [0.5, 0.6) is 11.5 Å². The lowest BCUT2D eigenvalue weighted by Crippen LogP contribution is -2.36. The van der Waals surface area contributed by atoms with Crippen molar-refractivity contribution in [3.8, 4) is 22.1 Å². The van der Waals surface area contributed by atoms with Gasteiger partial charge in [-0.05, 0) is 12.1 Å². The number of benzene rings is 2. The summed E-state index contributed by atoms with van der Waals surface area (Å²) in [5.41, 5.74) is 5.76. The van der Waals surface area contributed by atoms with Gasteiger partial charge in [-0.2, -0.15) is 0 Å². The van der Waals surface area contributed by atoms with Crippen LogP contribution in [-0.4, -0.2) is 50.5 Å². The van der Waals surface area contributed by atoms with Gasteiger partial charge in [0, 0.05) is 13.1 Å². The molecule has 1 aliphatic heterocycles. The highest BCUT2D eigenvalue weighted by atomic mass is 32.1. The number of fused-ring (bicyclic) bond motifs is 2. The zero-order chi connectivity index (χ0) is 19.1. The Hall–Kier alpha value is -2.42. The summed E-state index contributed by atoms with van der Waals surface area (Å²) in [4.78, 5) is 11.8. The van der Waals surface area contributed by atoms with Crippen molar-refractivity contribution in [3.05, 3.63) is 29.8 Å². The third kappa shape index (κ3) is 2.71. The van der Waals surface area contributed by atoms with Gasteiger partial charge in [0.1, 0.15) is 10.5 Å². The van der Waals surface area contributed by atoms with E-state index in [1.807, 2.05) is 23.7 Å². The topological polar surface area (TPSA) is 56.7 Å². The van der Waals surface area contributed by atoms with Crippen LogP contribution in [0.2, 0.25) is 0 Å². The summed E-state index contributed by atoms with van der Waals surface area (Å²) in [6, 6.07) is 8.19. The van der Waals surface area contributed by atoms with E-state index in [1.165, 1.54) is 0 Å². The highest BCUT2D eigenvalue weighted by molar-refractivity contribution is 7.22. The fourth-order valence-electron chi connectivity index (χ4n) is 3.67. The van der Waals surface area contributed by atoms with Crippen LogP contribution in [0.3, 0.4) is 0 Å². The van der Waals surface area contributed by atoms with Crippen molar-refractivity contribution in [1.29, 1.82) is 0 Å². The van der Waals surface area contributed by atoms with Crippen molar-refractivity contribution in [2.45, 2.75) is 0 Å². The first kappa shape index (κ1) is 17.7. The summed E-state index contributed by atoms with van der Waals surface area (Å²) in [7, 11) is 3.34. The molecule has 5 rings (SSSR count). The Morgan fingerprint density at radius 1 is 1.07 bits per heavy atom. The van der Waals surface area contributed by atoms with Crippen LogP contribution in [0.1, 0.15) is 0 Å². The number of hydrogen-bond acceptors (Lipinski definition) is 8. The smallest absolute Gasteiger partial charge is 0.188 e. The lowest BCUT2D eigenvalue weighted by Gasteiger charge is -2.31. The van der Waals surface area contributed by atoms with Crippen LogP contribution in [0, 0.1) is 0 Å². The van der Waals surface area contributed by atoms with Crippen molar-refractivity contribution in [2.75, 3.05) is 45.4 Å². The number of hydrogen-bond donors (Lipinski definition) is 0. The monoisotopic (exact) mass is 413 g/mol. The molecule has 0 unspecified atom stereocenters. The Kier molecular flexibility index (Phi) is 4.54. The van der Waals surface area contributed by atoms with Gasteiger partial charge in [0.2, 0.25) is 0 Å². The molecule has 6 nitrogen and oxygen atoms in total. The van der Waals surface area contributed by atoms with E-state index in [9.17, 15) is 0 Å². The molecular formula is C20H19N3O3S2. The number of morpholine rings is 1. The van der Waals surface area contributed by atoms with Crippen LogP contribution in [-0.2, 0) is 4.74 Å². The second kappa shape index (κ2) is 7.20. The lowest BCUT2D eigenvalue weighted by atomic mass is 10.1. The largest absolute Gasteiger partial charge is 0.492 e. The van der Waals surface area contributed by atoms with Crippen molar-refractivity contribution < 1.29 is 14.2 Å². The summed E-state index contributed by atoms with van der Waals surface area (Å²) < 4.78 is 19.4. The van der Waals surface area contributed by atoms with Crippen LogP contribution in [0.25, 0.3) is 31.0 Å². The number of para-hydroxylation sites is 1. The zero-order valence-corrected chi connectivity index (χ0v) is 17.2. The normalized spacial score (nSPS) is 14.7. The van der Waals surface area contributed by atoms with Crippen LogP contribution in [0.4, 0.5) is 5.69 Å². The van der Waals surface area contributed by atoms with Crippen LogP contribution < -0.4 is 14.4 Å². The molecule has 3 heterocycles. The standard InChI is InChI=1S/C20H19N3O3S2/c1-24-17-14(20-22-12-5-3-4-6-13(12)28-20)16(23-7-9-26-10-8-23)19-15(18(17)25-2)21-11-27-19/h3-6,11H,7-10H2,1-2H3. The quantitative estimate of drug-likeness (QED) is 0.493. The Morgan fingerprint density at radius 3 is 2.61 bits per heavy atom. The van der Waals surface area contributed by atoms with Gasteiger partial charge in [0.15, 0.2) is 11.5 Å². The SMILES string of the molecule is COc1c(-c2nc3ccccc3s2)c(N2CCOCC2)c2scnc2c1OC. The Labute approximate surface area is 170 Å². The number of ether oxygens (including phenoxy) is 3. The molecular weight excluding hydrogens is 394 g/mol. The average molecular weight is 414 g/mol. The van der Waals surface area contributed by atoms with Crippen molar-refractivity contribution >= 4 is 48.8 Å². The molecule has 2 aromatic heterocycles. The van der Waals surface area contributed by atoms with Gasteiger partial charge >= 0.3 is 0 Å². The number of anilines is 1. The Balaban J connectivity index is 1.86. The Morgan fingerprint density at radius 2 is 1.86 bits per heavy atom. The van der Waals surface area contributed by atoms with E-state index < -0.39 is 0 Å². The molecule has 0 aliphatic carbocycles. The molecule has 28 heavy (non-hydrogen) atoms. The molecule has 0 atom stereocenters. The first-order valence-electron chi connectivity index (χ1n) is 9.01. The van der Waals surface area contributed by atoms with Crippen molar-refractivity contribution in [1.82, 2.24) is 9.97 Å². The first-order chi connectivity index (χ1) is 13.8. The van der Waals surface area contributed by atoms with Gasteiger partial charge in [-0.25, -0.2) is 9.97 Å². The van der Waals surface area contributed by atoms with Crippen molar-refractivity contribution in [3.63, 3.8) is 0 Å². The predicted molar refractivity (Wildman–Crippen MR) is 114 cm³/mol. The van der Waals surface area contributed by atoms with Crippen LogP contribution in [0.15, 0.2) is 29.8 Å². The summed E-state index contributed by atoms with van der Waals surface area (Å²) in [5, 5.41) is 0.924. The molecule has 1 aliphatic rings. The van der Waals surface area contributed by atoms with Crippen LogP contribution >= 0.6 is 22.7 Å². The molecule has 0 spiro atoms. The molecule has 0 bridgehead atoms. The molecule has 0 N–H and O–H groups in total. The maximum Gasteiger partial charge on any atom is 0.188 e. The molecule has 2 aromatic carbocycles. The molecule has 0 amide bonds. The van der Waals surface area contributed by atoms with Gasteiger partial charge in [-0.3, -0.25) is 0 Å². The number of rotatable bonds is 4. The van der Waals surface area contributed by atoms with Gasteiger partial charge in [-0.1, -0.05) is 12.1 Å². The zero-order valence-electron chi connectivity index (χ0n) is 15.6. The molecule has 1 saturated heterocycles. The van der Waals surface area contributed by atoms with E-state index in [-0.39, 0.29) is 0 Å². The maximum absolute atomic E-state index is 5.88. The summed E-state index contributed by atoms with van der Waals surface area (Å²) >= 11 is 3.29. The van der Waals surface area contributed by atoms with E-state index >= 15 is 0 Å². The number of thiazole rings is 2. The molecule has 1 fully saturated rings. The predicted octanol–water partition coefficient (Wildman–Crippen LogP) is 4.43. The first-order valence-corrected chi connectivity index (χ1v) is 10.7. The van der Waals surface area contributed by atoms with Gasteiger partial charge in [0.05, 0.1) is 59.1 Å². The minimum Gasteiger partial charge on any atom is -0.492 e. The van der Waals surface area contributed by atoms with Gasteiger partial charge in [-0.15, -0.1) is 22.7 Å². The fraction of sp³-hybridized carbons (Fsp3) is 0.300. The maximum atomic E-state index is 5.88. The molecule has 144 valence electrons. The molecule has 8 heteroatoms. The third-order valence-corrected chi connectivity index (χ3v) is 6.80. The minimum atomic E-state index is 0.657. The van der Waals surface area contributed by atoms with E-state index in [1.54, 1.807) is 36.9 Å². The summed E-state index contributed by atoms with van der Waals surface area (Å²) in [6.07, 6.45) is 0. The second-order valence-corrected chi connectivity index (χ2v) is 8.29. The van der Waals surface area contributed by atoms with Gasteiger partial charge < -0.3 is 19.1 Å². The van der Waals surface area contributed by atoms with E-state index in [0.29, 0.717) is 24.7 Å². The highest BCUT2D eigenvalue weighted by Gasteiger charge is 2.29. The number of methoxy groups -OCH3 is 2. The summed E-state index contributed by atoms with van der Waals surface area (Å²) in [6.45, 7) is 3.04. The lowest BCUT2D eigenvalue weighted by molar-refractivity contribution is 0.123. The number of nitrogens with zero attached hydrogens (tertiary/aromatic N) is 3. The van der Waals surface area contributed by atoms with E-state index in [2.05, 4.69) is 16.0 Å². The fourth-order valence-corrected chi connectivity index (χ4v) is 5.54. The van der Waals surface area contributed by atoms with E-state index in [0.717, 1.165) is 49.8 Å². The molecule has 0 saturated carbocycles. The second-order valence-electron chi connectivity index (χ2n) is 6.41. The Bertz CT molecular complexity index is 1120. The molecule has 4 aromatic rings. The van der Waals surface area contributed by atoms with E-state index in [4.69, 9.17) is 19.2 Å². The molecule has 0 radical (unpaired) electrons. The number of aromatic nitrogens is 2. The van der Waals surface area contributed by atoms with Crippen molar-refractivity contribution in [2.24, 2.45) is 0 Å². The van der Waals surface area contributed by atoms with Gasteiger partial charge in [0.25, 0.3) is 0 Å². The third-order valence-electron chi connectivity index (χ3n) is 4.91. The highest BCUT2D eigenvalue weighted by Crippen LogP contribution is 2.52. The summed E-state index contributed by atoms with van der Waals surface area (Å²) in [5.74, 6) is 1.34.